The van der Waals surface area contributed by atoms with Gasteiger partial charge >= 0.3 is 0 Å². The number of benzene rings is 1. The van der Waals surface area contributed by atoms with Crippen LogP contribution in [0.25, 0.3) is 0 Å². The van der Waals surface area contributed by atoms with Crippen molar-refractivity contribution in [1.82, 2.24) is 15.5 Å². The van der Waals surface area contributed by atoms with Crippen molar-refractivity contribution in [2.45, 2.75) is 32.2 Å². The van der Waals surface area contributed by atoms with Crippen LogP contribution in [0.5, 0.6) is 5.75 Å². The maximum atomic E-state index is 12.3. The maximum absolute atomic E-state index is 12.3. The molecule has 1 aliphatic heterocycles. The molecule has 1 fully saturated rings. The lowest BCUT2D eigenvalue weighted by Crippen LogP contribution is -2.40. The molecule has 1 aromatic heterocycles. The zero-order valence-corrected chi connectivity index (χ0v) is 16.0. The highest BCUT2D eigenvalue weighted by atomic mass is 35.5. The predicted octanol–water partition coefficient (Wildman–Crippen LogP) is 2.89. The molecule has 0 radical (unpaired) electrons. The SMILES string of the molecule is COc1cccc(Cc2nnc(NC(=O)[C@H]3CCN[C@@H](C)C3)s2)c1.Cl. The third-order valence-electron chi connectivity index (χ3n) is 4.18. The Labute approximate surface area is 157 Å². The molecule has 0 saturated carbocycles. The molecule has 1 saturated heterocycles. The summed E-state index contributed by atoms with van der Waals surface area (Å²) in [5.41, 5.74) is 1.11. The van der Waals surface area contributed by atoms with Crippen molar-refractivity contribution in [1.29, 1.82) is 0 Å². The van der Waals surface area contributed by atoms with E-state index >= 15 is 0 Å². The summed E-state index contributed by atoms with van der Waals surface area (Å²) >= 11 is 1.42. The Morgan fingerprint density at radius 1 is 1.44 bits per heavy atom. The molecule has 2 heterocycles. The molecule has 0 unspecified atom stereocenters. The molecular weight excluding hydrogens is 360 g/mol. The summed E-state index contributed by atoms with van der Waals surface area (Å²) in [4.78, 5) is 12.3. The summed E-state index contributed by atoms with van der Waals surface area (Å²) in [5, 5.41) is 16.0. The van der Waals surface area contributed by atoms with Gasteiger partial charge in [0.2, 0.25) is 11.0 Å². The summed E-state index contributed by atoms with van der Waals surface area (Å²) in [7, 11) is 1.65. The first-order chi connectivity index (χ1) is 11.6. The zero-order chi connectivity index (χ0) is 16.9. The van der Waals surface area contributed by atoms with E-state index in [0.29, 0.717) is 17.6 Å². The average molecular weight is 383 g/mol. The van der Waals surface area contributed by atoms with Gasteiger partial charge in [0.15, 0.2) is 0 Å². The first kappa shape index (κ1) is 19.6. The largest absolute Gasteiger partial charge is 0.497 e. The van der Waals surface area contributed by atoms with Crippen LogP contribution in [0.1, 0.15) is 30.3 Å². The smallest absolute Gasteiger partial charge is 0.229 e. The lowest BCUT2D eigenvalue weighted by Gasteiger charge is -2.26. The van der Waals surface area contributed by atoms with Crippen LogP contribution in [0.2, 0.25) is 0 Å². The van der Waals surface area contributed by atoms with E-state index in [1.54, 1.807) is 7.11 Å². The second-order valence-electron chi connectivity index (χ2n) is 6.09. The van der Waals surface area contributed by atoms with Crippen LogP contribution in [0.4, 0.5) is 5.13 Å². The normalized spacial score (nSPS) is 19.8. The van der Waals surface area contributed by atoms with Crippen molar-refractivity contribution < 1.29 is 9.53 Å². The molecule has 0 bridgehead atoms. The average Bonchev–Trinajstić information content (AvgIpc) is 3.02. The van der Waals surface area contributed by atoms with Gasteiger partial charge in [0, 0.05) is 18.4 Å². The summed E-state index contributed by atoms with van der Waals surface area (Å²) in [6, 6.07) is 8.26. The molecular formula is C17H23ClN4O2S. The van der Waals surface area contributed by atoms with E-state index in [4.69, 9.17) is 4.74 Å². The van der Waals surface area contributed by atoms with Crippen LogP contribution in [0, 0.1) is 5.92 Å². The van der Waals surface area contributed by atoms with E-state index in [1.165, 1.54) is 11.3 Å². The number of methoxy groups -OCH3 is 1. The van der Waals surface area contributed by atoms with Gasteiger partial charge in [-0.05, 0) is 44.0 Å². The van der Waals surface area contributed by atoms with E-state index in [1.807, 2.05) is 24.3 Å². The molecule has 2 atom stereocenters. The summed E-state index contributed by atoms with van der Waals surface area (Å²) in [6.45, 7) is 2.99. The number of carbonyl (C=O) groups is 1. The summed E-state index contributed by atoms with van der Waals surface area (Å²) < 4.78 is 5.23. The first-order valence-electron chi connectivity index (χ1n) is 8.13. The second-order valence-corrected chi connectivity index (χ2v) is 7.16. The van der Waals surface area contributed by atoms with E-state index in [0.717, 1.165) is 35.7 Å². The van der Waals surface area contributed by atoms with Gasteiger partial charge in [-0.2, -0.15) is 0 Å². The fraction of sp³-hybridized carbons (Fsp3) is 0.471. The van der Waals surface area contributed by atoms with Gasteiger partial charge in [0.25, 0.3) is 0 Å². The molecule has 0 aliphatic carbocycles. The van der Waals surface area contributed by atoms with Crippen molar-refractivity contribution in [2.75, 3.05) is 19.0 Å². The fourth-order valence-corrected chi connectivity index (χ4v) is 3.69. The van der Waals surface area contributed by atoms with E-state index in [-0.39, 0.29) is 24.2 Å². The minimum Gasteiger partial charge on any atom is -0.497 e. The highest BCUT2D eigenvalue weighted by molar-refractivity contribution is 7.15. The van der Waals surface area contributed by atoms with E-state index < -0.39 is 0 Å². The van der Waals surface area contributed by atoms with Crippen molar-refractivity contribution >= 4 is 34.8 Å². The molecule has 136 valence electrons. The number of aromatic nitrogens is 2. The number of carbonyl (C=O) groups excluding carboxylic acids is 1. The van der Waals surface area contributed by atoms with Crippen LogP contribution in [0.3, 0.4) is 0 Å². The summed E-state index contributed by atoms with van der Waals surface area (Å²) in [6.07, 6.45) is 2.40. The van der Waals surface area contributed by atoms with Crippen LogP contribution >= 0.6 is 23.7 Å². The molecule has 1 amide bonds. The molecule has 1 aromatic carbocycles. The molecule has 1 aliphatic rings. The van der Waals surface area contributed by atoms with E-state index in [2.05, 4.69) is 27.8 Å². The molecule has 2 aromatic rings. The van der Waals surface area contributed by atoms with Gasteiger partial charge in [0.1, 0.15) is 10.8 Å². The van der Waals surface area contributed by atoms with Gasteiger partial charge < -0.3 is 15.4 Å². The number of ether oxygens (including phenoxy) is 1. The Morgan fingerprint density at radius 3 is 3.04 bits per heavy atom. The molecule has 6 nitrogen and oxygen atoms in total. The number of nitrogens with one attached hydrogen (secondary N) is 2. The summed E-state index contributed by atoms with van der Waals surface area (Å²) in [5.74, 6) is 0.921. The van der Waals surface area contributed by atoms with Crippen molar-refractivity contribution in [3.8, 4) is 5.75 Å². The standard InChI is InChI=1S/C17H22N4O2S.ClH/c1-11-8-13(6-7-18-11)16(22)19-17-21-20-15(24-17)10-12-4-3-5-14(9-12)23-2;/h3-5,9,11,13,18H,6-8,10H2,1-2H3,(H,19,21,22);1H/t11-,13-;/m0./s1. The van der Waals surface area contributed by atoms with Gasteiger partial charge in [-0.1, -0.05) is 23.5 Å². The molecule has 0 spiro atoms. The topological polar surface area (TPSA) is 76.1 Å². The molecule has 3 rings (SSSR count). The monoisotopic (exact) mass is 382 g/mol. The second kappa shape index (κ2) is 9.12. The zero-order valence-electron chi connectivity index (χ0n) is 14.3. The number of nitrogens with zero attached hydrogens (tertiary/aromatic N) is 2. The fourth-order valence-electron chi connectivity index (χ4n) is 2.91. The Hall–Kier alpha value is -1.70. The lowest BCUT2D eigenvalue weighted by molar-refractivity contribution is -0.120. The number of hydrogen-bond acceptors (Lipinski definition) is 6. The van der Waals surface area contributed by atoms with Crippen LogP contribution in [-0.4, -0.2) is 35.8 Å². The third-order valence-corrected chi connectivity index (χ3v) is 5.02. The number of amides is 1. The van der Waals surface area contributed by atoms with Crippen molar-refractivity contribution in [3.63, 3.8) is 0 Å². The Balaban J connectivity index is 0.00000225. The first-order valence-corrected chi connectivity index (χ1v) is 8.95. The highest BCUT2D eigenvalue weighted by Gasteiger charge is 2.25. The highest BCUT2D eigenvalue weighted by Crippen LogP contribution is 2.23. The van der Waals surface area contributed by atoms with Crippen molar-refractivity contribution in [3.05, 3.63) is 34.8 Å². The maximum Gasteiger partial charge on any atom is 0.229 e. The lowest BCUT2D eigenvalue weighted by atomic mass is 9.93. The quantitative estimate of drug-likeness (QED) is 0.831. The molecule has 8 heteroatoms. The predicted molar refractivity (Wildman–Crippen MR) is 102 cm³/mol. The van der Waals surface area contributed by atoms with Crippen molar-refractivity contribution in [2.24, 2.45) is 5.92 Å². The number of rotatable bonds is 5. The van der Waals surface area contributed by atoms with Crippen LogP contribution in [0.15, 0.2) is 24.3 Å². The number of anilines is 1. The molecule has 25 heavy (non-hydrogen) atoms. The van der Waals surface area contributed by atoms with Gasteiger partial charge in [-0.3, -0.25) is 4.79 Å². The van der Waals surface area contributed by atoms with Crippen LogP contribution < -0.4 is 15.4 Å². The van der Waals surface area contributed by atoms with E-state index in [9.17, 15) is 4.79 Å². The third kappa shape index (κ3) is 5.39. The van der Waals surface area contributed by atoms with Gasteiger partial charge in [-0.15, -0.1) is 22.6 Å². The minimum absolute atomic E-state index is 0. The van der Waals surface area contributed by atoms with Crippen LogP contribution in [-0.2, 0) is 11.2 Å². The number of piperidine rings is 1. The molecule has 2 N–H and O–H groups in total. The Bertz CT molecular complexity index is 709. The minimum atomic E-state index is 0. The van der Waals surface area contributed by atoms with Gasteiger partial charge in [0.05, 0.1) is 7.11 Å². The number of halogens is 1. The Kier molecular flexibility index (Phi) is 7.16. The van der Waals surface area contributed by atoms with Gasteiger partial charge in [-0.25, -0.2) is 0 Å². The Morgan fingerprint density at radius 2 is 2.28 bits per heavy atom. The number of hydrogen-bond donors (Lipinski definition) is 2.